The summed E-state index contributed by atoms with van der Waals surface area (Å²) in [6.07, 6.45) is 0. The van der Waals surface area contributed by atoms with E-state index in [0.29, 0.717) is 23.6 Å². The van der Waals surface area contributed by atoms with E-state index in [-0.39, 0.29) is 17.5 Å². The van der Waals surface area contributed by atoms with Gasteiger partial charge in [-0.1, -0.05) is 6.92 Å². The molecular weight excluding hydrogens is 286 g/mol. The normalized spacial score (nSPS) is 14.0. The average molecular weight is 307 g/mol. The van der Waals surface area contributed by atoms with Crippen LogP contribution in [-0.2, 0) is 21.4 Å². The molecule has 19 heavy (non-hydrogen) atoms. The van der Waals surface area contributed by atoms with Crippen LogP contribution in [0.2, 0.25) is 0 Å². The van der Waals surface area contributed by atoms with Gasteiger partial charge in [0.1, 0.15) is 4.90 Å². The molecule has 7 heteroatoms. The Morgan fingerprint density at radius 2 is 2.16 bits per heavy atom. The van der Waals surface area contributed by atoms with Crippen LogP contribution in [0.15, 0.2) is 10.3 Å². The molecule has 0 aliphatic heterocycles. The van der Waals surface area contributed by atoms with Gasteiger partial charge in [-0.2, -0.15) is 4.31 Å². The maximum atomic E-state index is 12.7. The van der Waals surface area contributed by atoms with Crippen LogP contribution in [0.1, 0.15) is 24.3 Å². The number of aryl methyl sites for hydroxylation is 1. The smallest absolute Gasteiger partial charge is 0.244 e. The fourth-order valence-electron chi connectivity index (χ4n) is 2.10. The quantitative estimate of drug-likeness (QED) is 0.831. The Balaban J connectivity index is 3.24. The lowest BCUT2D eigenvalue weighted by Gasteiger charge is -2.27. The first-order valence-corrected chi connectivity index (χ1v) is 8.40. The summed E-state index contributed by atoms with van der Waals surface area (Å²) in [6.45, 7) is 5.80. The minimum absolute atomic E-state index is 0.241. The lowest BCUT2D eigenvalue weighted by Crippen LogP contribution is -2.41. The zero-order valence-electron chi connectivity index (χ0n) is 11.7. The van der Waals surface area contributed by atoms with Crippen LogP contribution < -0.4 is 0 Å². The minimum Gasteiger partial charge on any atom is -0.391 e. The van der Waals surface area contributed by atoms with E-state index in [1.165, 1.54) is 15.6 Å². The molecule has 1 rings (SSSR count). The molecule has 1 aromatic rings. The van der Waals surface area contributed by atoms with Crippen LogP contribution in [0, 0.1) is 6.92 Å². The summed E-state index contributed by atoms with van der Waals surface area (Å²) in [5.74, 6) is 0. The van der Waals surface area contributed by atoms with Crippen molar-refractivity contribution in [2.75, 3.05) is 20.3 Å². The predicted molar refractivity (Wildman–Crippen MR) is 75.9 cm³/mol. The summed E-state index contributed by atoms with van der Waals surface area (Å²) in [6, 6.07) is -0.245. The van der Waals surface area contributed by atoms with Crippen LogP contribution in [0.5, 0.6) is 0 Å². The van der Waals surface area contributed by atoms with Crippen molar-refractivity contribution in [2.24, 2.45) is 0 Å². The number of ether oxygens (including phenoxy) is 1. The van der Waals surface area contributed by atoms with Crippen molar-refractivity contribution in [1.29, 1.82) is 0 Å². The Morgan fingerprint density at radius 3 is 2.63 bits per heavy atom. The molecule has 1 aromatic heterocycles. The predicted octanol–water partition coefficient (Wildman–Crippen LogP) is 1.59. The maximum Gasteiger partial charge on any atom is 0.244 e. The van der Waals surface area contributed by atoms with Crippen LogP contribution in [0.4, 0.5) is 0 Å². The molecule has 5 nitrogen and oxygen atoms in total. The second-order valence-corrected chi connectivity index (χ2v) is 7.13. The number of nitrogens with zero attached hydrogens (tertiary/aromatic N) is 1. The Kier molecular flexibility index (Phi) is 5.94. The zero-order chi connectivity index (χ0) is 14.6. The molecule has 1 N–H and O–H groups in total. The summed E-state index contributed by atoms with van der Waals surface area (Å²) < 4.78 is 31.9. The number of hydrogen-bond donors (Lipinski definition) is 1. The molecule has 0 aliphatic rings. The van der Waals surface area contributed by atoms with E-state index in [1.807, 2.05) is 6.92 Å². The SMILES string of the molecule is CCN(C(C)COC)S(=O)(=O)c1c(C)csc1CO. The second-order valence-electron chi connectivity index (χ2n) is 4.34. The molecule has 110 valence electrons. The number of aliphatic hydroxyl groups is 1. The lowest BCUT2D eigenvalue weighted by atomic mass is 10.3. The largest absolute Gasteiger partial charge is 0.391 e. The molecule has 0 aromatic carbocycles. The van der Waals surface area contributed by atoms with E-state index in [4.69, 9.17) is 4.74 Å². The number of thiophene rings is 1. The van der Waals surface area contributed by atoms with Crippen molar-refractivity contribution in [3.05, 3.63) is 15.8 Å². The van der Waals surface area contributed by atoms with Crippen molar-refractivity contribution in [2.45, 2.75) is 38.3 Å². The molecule has 0 saturated carbocycles. The Morgan fingerprint density at radius 1 is 1.53 bits per heavy atom. The molecule has 0 fully saturated rings. The van der Waals surface area contributed by atoms with Gasteiger partial charge in [-0.15, -0.1) is 11.3 Å². The summed E-state index contributed by atoms with van der Waals surface area (Å²) in [4.78, 5) is 0.727. The molecule has 0 amide bonds. The molecule has 1 unspecified atom stereocenters. The summed E-state index contributed by atoms with van der Waals surface area (Å²) in [7, 11) is -2.05. The number of hydrogen-bond acceptors (Lipinski definition) is 5. The summed E-state index contributed by atoms with van der Waals surface area (Å²) in [5, 5.41) is 11.1. The summed E-state index contributed by atoms with van der Waals surface area (Å²) >= 11 is 1.27. The average Bonchev–Trinajstić information content (AvgIpc) is 2.71. The van der Waals surface area contributed by atoms with E-state index in [1.54, 1.807) is 26.3 Å². The molecule has 0 spiro atoms. The highest BCUT2D eigenvalue weighted by Crippen LogP contribution is 2.30. The van der Waals surface area contributed by atoms with Gasteiger partial charge in [-0.25, -0.2) is 8.42 Å². The molecular formula is C12H21NO4S2. The highest BCUT2D eigenvalue weighted by molar-refractivity contribution is 7.89. The Bertz CT molecular complexity index is 510. The first-order valence-electron chi connectivity index (χ1n) is 6.08. The highest BCUT2D eigenvalue weighted by Gasteiger charge is 2.31. The van der Waals surface area contributed by atoms with Crippen molar-refractivity contribution >= 4 is 21.4 Å². The van der Waals surface area contributed by atoms with Crippen LogP contribution in [-0.4, -0.2) is 44.1 Å². The van der Waals surface area contributed by atoms with Crippen LogP contribution >= 0.6 is 11.3 Å². The van der Waals surface area contributed by atoms with Crippen molar-refractivity contribution in [3.8, 4) is 0 Å². The van der Waals surface area contributed by atoms with Gasteiger partial charge in [-0.05, 0) is 24.8 Å². The molecule has 0 radical (unpaired) electrons. The van der Waals surface area contributed by atoms with Crippen molar-refractivity contribution < 1.29 is 18.3 Å². The first kappa shape index (κ1) is 16.6. The molecule has 1 atom stereocenters. The Hall–Kier alpha value is -0.470. The molecule has 0 bridgehead atoms. The number of sulfonamides is 1. The van der Waals surface area contributed by atoms with Crippen LogP contribution in [0.3, 0.4) is 0 Å². The van der Waals surface area contributed by atoms with Gasteiger partial charge in [0.05, 0.1) is 18.1 Å². The lowest BCUT2D eigenvalue weighted by molar-refractivity contribution is 0.142. The number of methoxy groups -OCH3 is 1. The minimum atomic E-state index is -3.60. The third kappa shape index (κ3) is 3.35. The van der Waals surface area contributed by atoms with E-state index in [9.17, 15) is 13.5 Å². The van der Waals surface area contributed by atoms with Gasteiger partial charge >= 0.3 is 0 Å². The fourth-order valence-corrected chi connectivity index (χ4v) is 5.34. The highest BCUT2D eigenvalue weighted by atomic mass is 32.2. The van der Waals surface area contributed by atoms with E-state index in [0.717, 1.165) is 0 Å². The first-order chi connectivity index (χ1) is 8.89. The standard InChI is InChI=1S/C12H21NO4S2/c1-5-13(10(3)7-17-4)19(15,16)12-9(2)8-18-11(12)6-14/h8,10,14H,5-7H2,1-4H3. The summed E-state index contributed by atoms with van der Waals surface area (Å²) in [5.41, 5.74) is 0.678. The van der Waals surface area contributed by atoms with E-state index in [2.05, 4.69) is 0 Å². The van der Waals surface area contributed by atoms with Gasteiger partial charge in [0.25, 0.3) is 0 Å². The van der Waals surface area contributed by atoms with Crippen LogP contribution in [0.25, 0.3) is 0 Å². The number of aliphatic hydroxyl groups excluding tert-OH is 1. The van der Waals surface area contributed by atoms with Gasteiger partial charge in [0.2, 0.25) is 10.0 Å². The van der Waals surface area contributed by atoms with Crippen molar-refractivity contribution in [3.63, 3.8) is 0 Å². The van der Waals surface area contributed by atoms with Gasteiger partial charge < -0.3 is 9.84 Å². The van der Waals surface area contributed by atoms with Gasteiger partial charge in [0, 0.05) is 19.7 Å². The number of rotatable bonds is 7. The topological polar surface area (TPSA) is 66.8 Å². The maximum absolute atomic E-state index is 12.7. The van der Waals surface area contributed by atoms with Gasteiger partial charge in [-0.3, -0.25) is 0 Å². The monoisotopic (exact) mass is 307 g/mol. The molecule has 0 saturated heterocycles. The van der Waals surface area contributed by atoms with E-state index < -0.39 is 10.0 Å². The number of likely N-dealkylation sites (N-methyl/N-ethyl adjacent to an activating group) is 1. The fraction of sp³-hybridized carbons (Fsp3) is 0.667. The molecule has 0 aliphatic carbocycles. The molecule has 1 heterocycles. The zero-order valence-corrected chi connectivity index (χ0v) is 13.3. The third-order valence-corrected chi connectivity index (χ3v) is 6.45. The third-order valence-electron chi connectivity index (χ3n) is 2.91. The van der Waals surface area contributed by atoms with E-state index >= 15 is 0 Å². The van der Waals surface area contributed by atoms with Crippen molar-refractivity contribution in [1.82, 2.24) is 4.31 Å². The van der Waals surface area contributed by atoms with Gasteiger partial charge in [0.15, 0.2) is 0 Å². The second kappa shape index (κ2) is 6.81. The Labute approximate surface area is 118 Å².